The number of hydrogen-bond acceptors (Lipinski definition) is 3. The van der Waals surface area contributed by atoms with E-state index in [1.165, 1.54) is 0 Å². The zero-order valence-electron chi connectivity index (χ0n) is 9.57. The van der Waals surface area contributed by atoms with Gasteiger partial charge < -0.3 is 14.9 Å². The van der Waals surface area contributed by atoms with Gasteiger partial charge in [-0.15, -0.1) is 0 Å². The van der Waals surface area contributed by atoms with Gasteiger partial charge in [-0.05, 0) is 24.6 Å². The van der Waals surface area contributed by atoms with Crippen LogP contribution in [0.25, 0.3) is 0 Å². The first-order valence-electron chi connectivity index (χ1n) is 5.35. The molecule has 2 N–H and O–H groups in total. The number of furan rings is 1. The smallest absolute Gasteiger partial charge is 0.167 e. The van der Waals surface area contributed by atoms with Crippen molar-refractivity contribution in [3.05, 3.63) is 53.2 Å². The second-order valence-electron chi connectivity index (χ2n) is 3.80. The topological polar surface area (TPSA) is 48.4 Å². The van der Waals surface area contributed by atoms with E-state index in [1.807, 2.05) is 0 Å². The molecule has 0 radical (unpaired) electrons. The van der Waals surface area contributed by atoms with E-state index < -0.39 is 0 Å². The van der Waals surface area contributed by atoms with Crippen molar-refractivity contribution in [3.63, 3.8) is 0 Å². The van der Waals surface area contributed by atoms with Gasteiger partial charge in [-0.1, -0.05) is 12.1 Å². The fourth-order valence-electron chi connectivity index (χ4n) is 1.49. The fourth-order valence-corrected chi connectivity index (χ4v) is 1.49. The van der Waals surface area contributed by atoms with E-state index in [1.54, 1.807) is 37.5 Å². The van der Waals surface area contributed by atoms with E-state index in [0.717, 1.165) is 5.56 Å². The van der Waals surface area contributed by atoms with Crippen LogP contribution in [-0.2, 0) is 13.2 Å². The highest BCUT2D eigenvalue weighted by molar-refractivity contribution is 5.30. The lowest BCUT2D eigenvalue weighted by atomic mass is 10.2. The van der Waals surface area contributed by atoms with Crippen LogP contribution in [0.4, 0.5) is 4.39 Å². The van der Waals surface area contributed by atoms with Crippen molar-refractivity contribution in [2.24, 2.45) is 5.73 Å². The van der Waals surface area contributed by atoms with Crippen molar-refractivity contribution in [3.8, 4) is 5.75 Å². The molecule has 90 valence electrons. The minimum absolute atomic E-state index is 0.195. The summed E-state index contributed by atoms with van der Waals surface area (Å²) in [5.41, 5.74) is 6.91. The molecule has 3 nitrogen and oxygen atoms in total. The Kier molecular flexibility index (Phi) is 3.44. The molecule has 0 spiro atoms. The summed E-state index contributed by atoms with van der Waals surface area (Å²) in [6.45, 7) is 2.31. The van der Waals surface area contributed by atoms with Crippen molar-refractivity contribution < 1.29 is 13.5 Å². The summed E-state index contributed by atoms with van der Waals surface area (Å²) < 4.78 is 24.2. The summed E-state index contributed by atoms with van der Waals surface area (Å²) >= 11 is 0. The minimum Gasteiger partial charge on any atom is -0.483 e. The molecule has 1 heterocycles. The largest absolute Gasteiger partial charge is 0.483 e. The van der Waals surface area contributed by atoms with Crippen LogP contribution in [0.1, 0.15) is 16.9 Å². The van der Waals surface area contributed by atoms with Crippen molar-refractivity contribution in [2.75, 3.05) is 0 Å². The van der Waals surface area contributed by atoms with Gasteiger partial charge in [0.1, 0.15) is 12.4 Å². The number of aryl methyl sites for hydroxylation is 1. The molecular formula is C13H14FNO2. The molecule has 0 aliphatic heterocycles. The molecule has 1 aromatic heterocycles. The molecule has 2 rings (SSSR count). The maximum absolute atomic E-state index is 13.6. The second kappa shape index (κ2) is 5.01. The molecule has 0 unspecified atom stereocenters. The summed E-state index contributed by atoms with van der Waals surface area (Å²) in [5.74, 6) is 0.528. The van der Waals surface area contributed by atoms with Gasteiger partial charge in [-0.3, -0.25) is 0 Å². The molecule has 1 aromatic carbocycles. The third kappa shape index (κ3) is 2.65. The maximum atomic E-state index is 13.6. The predicted octanol–water partition coefficient (Wildman–Crippen LogP) is 2.76. The lowest BCUT2D eigenvalue weighted by Gasteiger charge is -2.06. The van der Waals surface area contributed by atoms with E-state index in [2.05, 4.69) is 0 Å². The Labute approximate surface area is 99.0 Å². The Morgan fingerprint density at radius 1 is 1.41 bits per heavy atom. The Balaban J connectivity index is 2.04. The molecule has 0 aliphatic carbocycles. The molecule has 0 bridgehead atoms. The molecule has 0 aliphatic rings. The summed E-state index contributed by atoms with van der Waals surface area (Å²) in [6.07, 6.45) is 1.57. The number of benzene rings is 1. The van der Waals surface area contributed by atoms with Gasteiger partial charge in [0.25, 0.3) is 0 Å². The third-order valence-corrected chi connectivity index (χ3v) is 2.47. The van der Waals surface area contributed by atoms with Crippen molar-refractivity contribution >= 4 is 0 Å². The highest BCUT2D eigenvalue weighted by Crippen LogP contribution is 2.21. The van der Waals surface area contributed by atoms with E-state index >= 15 is 0 Å². The minimum atomic E-state index is -0.335. The van der Waals surface area contributed by atoms with Crippen LogP contribution in [0.15, 0.2) is 34.9 Å². The molecule has 0 fully saturated rings. The molecule has 0 amide bonds. The standard InChI is InChI=1S/C13H14FNO2/c1-9-3-2-4-12(13(9)14)17-8-11-5-10(6-15)7-16-11/h2-5,7H,6,8,15H2,1H3. The first-order chi connectivity index (χ1) is 8.20. The van der Waals surface area contributed by atoms with Crippen molar-refractivity contribution in [1.29, 1.82) is 0 Å². The summed E-state index contributed by atoms with van der Waals surface area (Å²) in [7, 11) is 0. The number of ether oxygens (including phenoxy) is 1. The lowest BCUT2D eigenvalue weighted by Crippen LogP contribution is -1.97. The molecule has 0 atom stereocenters. The maximum Gasteiger partial charge on any atom is 0.167 e. The first-order valence-corrected chi connectivity index (χ1v) is 5.35. The normalized spacial score (nSPS) is 10.5. The Hall–Kier alpha value is -1.81. The molecular weight excluding hydrogens is 221 g/mol. The summed E-state index contributed by atoms with van der Waals surface area (Å²) in [4.78, 5) is 0. The molecule has 4 heteroatoms. The van der Waals surface area contributed by atoms with Crippen LogP contribution in [0.3, 0.4) is 0 Å². The van der Waals surface area contributed by atoms with Crippen LogP contribution in [-0.4, -0.2) is 0 Å². The van der Waals surface area contributed by atoms with E-state index in [4.69, 9.17) is 14.9 Å². The van der Waals surface area contributed by atoms with Crippen LogP contribution < -0.4 is 10.5 Å². The summed E-state index contributed by atoms with van der Waals surface area (Å²) in [6, 6.07) is 6.84. The first kappa shape index (κ1) is 11.7. The molecule has 17 heavy (non-hydrogen) atoms. The van der Waals surface area contributed by atoms with Crippen LogP contribution in [0.5, 0.6) is 5.75 Å². The zero-order chi connectivity index (χ0) is 12.3. The summed E-state index contributed by atoms with van der Waals surface area (Å²) in [5, 5.41) is 0. The van der Waals surface area contributed by atoms with Crippen LogP contribution >= 0.6 is 0 Å². The number of rotatable bonds is 4. The SMILES string of the molecule is Cc1cccc(OCc2cc(CN)co2)c1F. The average molecular weight is 235 g/mol. The van der Waals surface area contributed by atoms with E-state index in [9.17, 15) is 4.39 Å². The second-order valence-corrected chi connectivity index (χ2v) is 3.80. The van der Waals surface area contributed by atoms with Gasteiger partial charge in [-0.25, -0.2) is 4.39 Å². The Morgan fingerprint density at radius 2 is 2.24 bits per heavy atom. The van der Waals surface area contributed by atoms with Crippen LogP contribution in [0.2, 0.25) is 0 Å². The highest BCUT2D eigenvalue weighted by Gasteiger charge is 2.07. The number of halogens is 1. The zero-order valence-corrected chi connectivity index (χ0v) is 9.57. The van der Waals surface area contributed by atoms with Crippen LogP contribution in [0, 0.1) is 12.7 Å². The Morgan fingerprint density at radius 3 is 2.94 bits per heavy atom. The van der Waals surface area contributed by atoms with Crippen molar-refractivity contribution in [2.45, 2.75) is 20.1 Å². The highest BCUT2D eigenvalue weighted by atomic mass is 19.1. The third-order valence-electron chi connectivity index (χ3n) is 2.47. The quantitative estimate of drug-likeness (QED) is 0.886. The lowest BCUT2D eigenvalue weighted by molar-refractivity contribution is 0.258. The number of nitrogens with two attached hydrogens (primary N) is 1. The van der Waals surface area contributed by atoms with Gasteiger partial charge in [0.05, 0.1) is 6.26 Å². The van der Waals surface area contributed by atoms with E-state index in [-0.39, 0.29) is 18.2 Å². The van der Waals surface area contributed by atoms with Gasteiger partial charge >= 0.3 is 0 Å². The number of hydrogen-bond donors (Lipinski definition) is 1. The Bertz CT molecular complexity index is 508. The monoisotopic (exact) mass is 235 g/mol. The molecule has 2 aromatic rings. The molecule has 0 saturated heterocycles. The van der Waals surface area contributed by atoms with Gasteiger partial charge in [0, 0.05) is 12.1 Å². The molecule has 0 saturated carbocycles. The van der Waals surface area contributed by atoms with Gasteiger partial charge in [0.2, 0.25) is 0 Å². The van der Waals surface area contributed by atoms with Gasteiger partial charge in [0.15, 0.2) is 11.6 Å². The van der Waals surface area contributed by atoms with Crippen molar-refractivity contribution in [1.82, 2.24) is 0 Å². The van der Waals surface area contributed by atoms with Gasteiger partial charge in [-0.2, -0.15) is 0 Å². The average Bonchev–Trinajstić information content (AvgIpc) is 2.79. The fraction of sp³-hybridized carbons (Fsp3) is 0.231. The predicted molar refractivity (Wildman–Crippen MR) is 62.1 cm³/mol. The van der Waals surface area contributed by atoms with E-state index in [0.29, 0.717) is 17.9 Å².